The summed E-state index contributed by atoms with van der Waals surface area (Å²) >= 11 is 1.45. The summed E-state index contributed by atoms with van der Waals surface area (Å²) < 4.78 is 13.0. The number of nitrogens with zero attached hydrogens (tertiary/aromatic N) is 2. The number of rotatable bonds is 3. The van der Waals surface area contributed by atoms with Gasteiger partial charge in [-0.1, -0.05) is 36.4 Å². The molecule has 0 spiro atoms. The monoisotopic (exact) mass is 366 g/mol. The lowest BCUT2D eigenvalue weighted by atomic mass is 10.00. The Morgan fingerprint density at radius 3 is 2.65 bits per heavy atom. The molecule has 0 N–H and O–H groups in total. The second kappa shape index (κ2) is 7.00. The molecule has 1 amide bonds. The van der Waals surface area contributed by atoms with Crippen LogP contribution in [0.15, 0.2) is 48.5 Å². The summed E-state index contributed by atoms with van der Waals surface area (Å²) in [7, 11) is 0. The maximum Gasteiger partial charge on any atom is 0.266 e. The van der Waals surface area contributed by atoms with Crippen molar-refractivity contribution >= 4 is 17.2 Å². The highest BCUT2D eigenvalue weighted by molar-refractivity contribution is 7.13. The van der Waals surface area contributed by atoms with E-state index in [1.807, 2.05) is 24.0 Å². The number of thiazole rings is 1. The van der Waals surface area contributed by atoms with Crippen LogP contribution in [0.3, 0.4) is 0 Å². The van der Waals surface area contributed by atoms with E-state index in [1.165, 1.54) is 34.6 Å². The van der Waals surface area contributed by atoms with Crippen molar-refractivity contribution in [3.63, 3.8) is 0 Å². The van der Waals surface area contributed by atoms with Crippen LogP contribution in [0.25, 0.3) is 0 Å². The van der Waals surface area contributed by atoms with Gasteiger partial charge < -0.3 is 4.90 Å². The molecule has 0 saturated carbocycles. The van der Waals surface area contributed by atoms with E-state index in [4.69, 9.17) is 0 Å². The number of fused-ring (bicyclic) bond motifs is 1. The van der Waals surface area contributed by atoms with Gasteiger partial charge >= 0.3 is 0 Å². The van der Waals surface area contributed by atoms with Crippen LogP contribution in [0.4, 0.5) is 4.39 Å². The summed E-state index contributed by atoms with van der Waals surface area (Å²) in [6, 6.07) is 14.7. The minimum atomic E-state index is -0.245. The fourth-order valence-electron chi connectivity index (χ4n) is 3.32. The number of amides is 1. The molecule has 132 valence electrons. The summed E-state index contributed by atoms with van der Waals surface area (Å²) in [6.45, 7) is 3.27. The highest BCUT2D eigenvalue weighted by atomic mass is 32.1. The van der Waals surface area contributed by atoms with Gasteiger partial charge in [-0.2, -0.15) is 0 Å². The van der Waals surface area contributed by atoms with Crippen LogP contribution >= 0.6 is 11.3 Å². The van der Waals surface area contributed by atoms with E-state index in [1.54, 1.807) is 12.1 Å². The lowest BCUT2D eigenvalue weighted by molar-refractivity contribution is 0.0738. The van der Waals surface area contributed by atoms with Crippen molar-refractivity contribution in [2.75, 3.05) is 6.54 Å². The summed E-state index contributed by atoms with van der Waals surface area (Å²) in [6.07, 6.45) is 1.50. The maximum atomic E-state index is 13.0. The van der Waals surface area contributed by atoms with Crippen molar-refractivity contribution in [1.29, 1.82) is 0 Å². The highest BCUT2D eigenvalue weighted by Gasteiger charge is 2.25. The summed E-state index contributed by atoms with van der Waals surface area (Å²) in [5.41, 5.74) is 4.32. The van der Waals surface area contributed by atoms with Gasteiger partial charge in [0.05, 0.1) is 10.7 Å². The fraction of sp³-hybridized carbons (Fsp3) is 0.238. The Balaban J connectivity index is 1.52. The van der Waals surface area contributed by atoms with E-state index in [2.05, 4.69) is 17.1 Å². The van der Waals surface area contributed by atoms with Crippen molar-refractivity contribution in [2.24, 2.45) is 0 Å². The number of carbonyl (C=O) groups excluding carboxylic acids is 1. The van der Waals surface area contributed by atoms with E-state index in [0.717, 1.165) is 29.2 Å². The van der Waals surface area contributed by atoms with Gasteiger partial charge in [-0.25, -0.2) is 9.37 Å². The molecular formula is C21H19FN2OS. The smallest absolute Gasteiger partial charge is 0.266 e. The van der Waals surface area contributed by atoms with Gasteiger partial charge in [0.1, 0.15) is 10.7 Å². The minimum Gasteiger partial charge on any atom is -0.333 e. The van der Waals surface area contributed by atoms with Gasteiger partial charge in [-0.05, 0) is 42.2 Å². The van der Waals surface area contributed by atoms with Crippen LogP contribution in [-0.4, -0.2) is 22.3 Å². The van der Waals surface area contributed by atoms with Crippen LogP contribution in [-0.2, 0) is 19.4 Å². The standard InChI is InChI=1S/C21H19FN2OS/c1-14-20(26-19(23-14)12-15-6-8-18(22)9-7-15)21(25)24-11-10-16-4-2-3-5-17(16)13-24/h2-9H,10-13H2,1H3. The number of aromatic nitrogens is 1. The Bertz CT molecular complexity index is 949. The molecule has 0 unspecified atom stereocenters. The third kappa shape index (κ3) is 3.40. The van der Waals surface area contributed by atoms with Gasteiger partial charge in [0.2, 0.25) is 0 Å². The van der Waals surface area contributed by atoms with Gasteiger partial charge in [-0.3, -0.25) is 4.79 Å². The molecule has 26 heavy (non-hydrogen) atoms. The number of hydrogen-bond acceptors (Lipinski definition) is 3. The predicted octanol–water partition coefficient (Wildman–Crippen LogP) is 4.38. The molecule has 3 nitrogen and oxygen atoms in total. The molecule has 2 heterocycles. The van der Waals surface area contributed by atoms with E-state index in [-0.39, 0.29) is 11.7 Å². The topological polar surface area (TPSA) is 33.2 Å². The predicted molar refractivity (Wildman–Crippen MR) is 101 cm³/mol. The molecule has 0 fully saturated rings. The molecule has 0 bridgehead atoms. The van der Waals surface area contributed by atoms with Crippen molar-refractivity contribution in [2.45, 2.75) is 26.3 Å². The zero-order valence-corrected chi connectivity index (χ0v) is 15.4. The van der Waals surface area contributed by atoms with Crippen LogP contribution in [0, 0.1) is 12.7 Å². The second-order valence-corrected chi connectivity index (χ2v) is 7.65. The summed E-state index contributed by atoms with van der Waals surface area (Å²) in [5, 5.41) is 0.884. The molecule has 1 aliphatic rings. The molecule has 0 radical (unpaired) electrons. The molecule has 2 aromatic carbocycles. The van der Waals surface area contributed by atoms with E-state index in [9.17, 15) is 9.18 Å². The van der Waals surface area contributed by atoms with Crippen LogP contribution in [0.2, 0.25) is 0 Å². The van der Waals surface area contributed by atoms with Crippen LogP contribution in [0.5, 0.6) is 0 Å². The Morgan fingerprint density at radius 1 is 1.15 bits per heavy atom. The number of benzene rings is 2. The van der Waals surface area contributed by atoms with Gasteiger partial charge in [0.15, 0.2) is 0 Å². The molecule has 4 rings (SSSR count). The first-order valence-corrected chi connectivity index (χ1v) is 9.48. The normalized spacial score (nSPS) is 13.5. The number of carbonyl (C=O) groups is 1. The second-order valence-electron chi connectivity index (χ2n) is 6.57. The molecule has 5 heteroatoms. The third-order valence-electron chi connectivity index (χ3n) is 4.72. The van der Waals surface area contributed by atoms with Crippen LogP contribution < -0.4 is 0 Å². The first-order valence-electron chi connectivity index (χ1n) is 8.67. The van der Waals surface area contributed by atoms with Gasteiger partial charge in [0.25, 0.3) is 5.91 Å². The Hall–Kier alpha value is -2.53. The highest BCUT2D eigenvalue weighted by Crippen LogP contribution is 2.26. The van der Waals surface area contributed by atoms with Gasteiger partial charge in [-0.15, -0.1) is 11.3 Å². The van der Waals surface area contributed by atoms with Crippen LogP contribution in [0.1, 0.15) is 37.1 Å². The molecule has 0 aliphatic carbocycles. The quantitative estimate of drug-likeness (QED) is 0.689. The lowest BCUT2D eigenvalue weighted by Gasteiger charge is -2.28. The maximum absolute atomic E-state index is 13.0. The largest absolute Gasteiger partial charge is 0.333 e. The number of halogens is 1. The van der Waals surface area contributed by atoms with E-state index in [0.29, 0.717) is 17.8 Å². The van der Waals surface area contributed by atoms with Crippen molar-refractivity contribution in [3.05, 3.63) is 86.6 Å². The summed E-state index contributed by atoms with van der Waals surface area (Å²) in [4.78, 5) is 20.2. The first-order chi connectivity index (χ1) is 12.6. The lowest BCUT2D eigenvalue weighted by Crippen LogP contribution is -2.35. The Labute approximate surface area is 156 Å². The zero-order valence-electron chi connectivity index (χ0n) is 14.5. The SMILES string of the molecule is Cc1nc(Cc2ccc(F)cc2)sc1C(=O)N1CCc2ccccc2C1. The molecule has 1 aliphatic heterocycles. The average Bonchev–Trinajstić information content (AvgIpc) is 3.02. The minimum absolute atomic E-state index is 0.0554. The average molecular weight is 366 g/mol. The summed E-state index contributed by atoms with van der Waals surface area (Å²) in [5.74, 6) is -0.190. The zero-order chi connectivity index (χ0) is 18.1. The fourth-order valence-corrected chi connectivity index (χ4v) is 4.38. The number of hydrogen-bond donors (Lipinski definition) is 0. The van der Waals surface area contributed by atoms with Crippen molar-refractivity contribution in [1.82, 2.24) is 9.88 Å². The molecular weight excluding hydrogens is 347 g/mol. The van der Waals surface area contributed by atoms with E-state index < -0.39 is 0 Å². The van der Waals surface area contributed by atoms with E-state index >= 15 is 0 Å². The van der Waals surface area contributed by atoms with Crippen molar-refractivity contribution < 1.29 is 9.18 Å². The number of aryl methyl sites for hydroxylation is 1. The molecule has 0 saturated heterocycles. The molecule has 0 atom stereocenters. The molecule has 1 aromatic heterocycles. The third-order valence-corrected chi connectivity index (χ3v) is 5.87. The Morgan fingerprint density at radius 2 is 1.88 bits per heavy atom. The first kappa shape index (κ1) is 16.9. The van der Waals surface area contributed by atoms with Crippen molar-refractivity contribution in [3.8, 4) is 0 Å². The Kier molecular flexibility index (Phi) is 4.55. The molecule has 3 aromatic rings. The van der Waals surface area contributed by atoms with Gasteiger partial charge in [0, 0.05) is 19.5 Å².